The second-order valence-corrected chi connectivity index (χ2v) is 5.89. The second kappa shape index (κ2) is 5.59. The minimum atomic E-state index is -0.306. The Morgan fingerprint density at radius 2 is 2.12 bits per heavy atom. The molecule has 4 rings (SSSR count). The Kier molecular flexibility index (Phi) is 3.41. The van der Waals surface area contributed by atoms with E-state index in [-0.39, 0.29) is 17.8 Å². The summed E-state index contributed by atoms with van der Waals surface area (Å²) in [5.74, 6) is 1.06. The number of amides is 1. The Balaban J connectivity index is 1.62. The zero-order valence-corrected chi connectivity index (χ0v) is 13.5. The van der Waals surface area contributed by atoms with Crippen LogP contribution in [0.25, 0.3) is 5.78 Å². The van der Waals surface area contributed by atoms with Crippen molar-refractivity contribution in [2.45, 2.75) is 26.3 Å². The van der Waals surface area contributed by atoms with Crippen molar-refractivity contribution in [1.82, 2.24) is 24.9 Å². The number of benzene rings is 1. The molecule has 1 N–H and O–H groups in total. The summed E-state index contributed by atoms with van der Waals surface area (Å²) in [6.45, 7) is 4.37. The van der Waals surface area contributed by atoms with Crippen molar-refractivity contribution in [1.29, 1.82) is 0 Å². The fraction of sp³-hybridized carbons (Fsp3) is 0.294. The molecular weight excluding hydrogens is 306 g/mol. The number of hydrogen-bond donors (Lipinski definition) is 1. The molecule has 0 fully saturated rings. The van der Waals surface area contributed by atoms with Crippen LogP contribution in [0.3, 0.4) is 0 Å². The number of fused-ring (bicyclic) bond motifs is 2. The van der Waals surface area contributed by atoms with Crippen LogP contribution in [0.1, 0.15) is 40.0 Å². The van der Waals surface area contributed by atoms with Crippen LogP contribution in [0.4, 0.5) is 0 Å². The molecule has 0 bridgehead atoms. The lowest BCUT2D eigenvalue weighted by Crippen LogP contribution is -2.32. The molecule has 122 valence electrons. The number of para-hydroxylation sites is 1. The number of ether oxygens (including phenoxy) is 1. The summed E-state index contributed by atoms with van der Waals surface area (Å²) in [5, 5.41) is 7.28. The molecule has 7 heteroatoms. The van der Waals surface area contributed by atoms with Gasteiger partial charge < -0.3 is 10.1 Å². The molecule has 2 aromatic heterocycles. The first-order valence-corrected chi connectivity index (χ1v) is 7.85. The molecule has 1 aliphatic rings. The third kappa shape index (κ3) is 2.47. The van der Waals surface area contributed by atoms with E-state index in [4.69, 9.17) is 4.74 Å². The number of nitrogens with zero attached hydrogens (tertiary/aromatic N) is 4. The van der Waals surface area contributed by atoms with Gasteiger partial charge in [0.2, 0.25) is 5.82 Å². The molecule has 1 aromatic carbocycles. The molecule has 24 heavy (non-hydrogen) atoms. The highest BCUT2D eigenvalue weighted by atomic mass is 16.5. The maximum atomic E-state index is 12.6. The van der Waals surface area contributed by atoms with Crippen LogP contribution in [-0.4, -0.2) is 32.1 Å². The lowest BCUT2D eigenvalue weighted by atomic mass is 10.0. The molecule has 0 aliphatic carbocycles. The van der Waals surface area contributed by atoms with E-state index >= 15 is 0 Å². The summed E-state index contributed by atoms with van der Waals surface area (Å²) in [7, 11) is 0. The first-order valence-electron chi connectivity index (χ1n) is 7.85. The zero-order valence-electron chi connectivity index (χ0n) is 13.5. The summed E-state index contributed by atoms with van der Waals surface area (Å²) in [4.78, 5) is 21.1. The van der Waals surface area contributed by atoms with Gasteiger partial charge in [0.15, 0.2) is 0 Å². The third-order valence-electron chi connectivity index (χ3n) is 4.09. The average Bonchev–Trinajstić information content (AvgIpc) is 3.00. The van der Waals surface area contributed by atoms with Gasteiger partial charge in [-0.05, 0) is 26.0 Å². The number of carbonyl (C=O) groups excluding carboxylic acids is 1. The van der Waals surface area contributed by atoms with Gasteiger partial charge >= 0.3 is 0 Å². The van der Waals surface area contributed by atoms with Gasteiger partial charge in [-0.3, -0.25) is 4.79 Å². The summed E-state index contributed by atoms with van der Waals surface area (Å²) in [6, 6.07) is 9.52. The Labute approximate surface area is 138 Å². The molecule has 0 spiro atoms. The number of aromatic nitrogens is 4. The highest BCUT2D eigenvalue weighted by molar-refractivity contribution is 5.91. The minimum Gasteiger partial charge on any atom is -0.493 e. The van der Waals surface area contributed by atoms with Crippen LogP contribution < -0.4 is 10.1 Å². The second-order valence-electron chi connectivity index (χ2n) is 5.89. The Bertz CT molecular complexity index is 934. The topological polar surface area (TPSA) is 81.4 Å². The normalized spacial score (nSPS) is 16.5. The molecule has 3 heterocycles. The molecule has 1 atom stereocenters. The van der Waals surface area contributed by atoms with Gasteiger partial charge in [-0.1, -0.05) is 18.2 Å². The molecule has 1 unspecified atom stereocenters. The van der Waals surface area contributed by atoms with Crippen molar-refractivity contribution in [2.75, 3.05) is 6.61 Å². The van der Waals surface area contributed by atoms with Crippen molar-refractivity contribution in [3.05, 3.63) is 53.1 Å². The van der Waals surface area contributed by atoms with E-state index < -0.39 is 0 Å². The van der Waals surface area contributed by atoms with Crippen molar-refractivity contribution in [3.63, 3.8) is 0 Å². The first kappa shape index (κ1) is 14.6. The van der Waals surface area contributed by atoms with Gasteiger partial charge in [0.05, 0.1) is 12.6 Å². The van der Waals surface area contributed by atoms with E-state index in [1.54, 1.807) is 4.52 Å². The summed E-state index contributed by atoms with van der Waals surface area (Å²) >= 11 is 0. The van der Waals surface area contributed by atoms with E-state index in [1.165, 1.54) is 0 Å². The lowest BCUT2D eigenvalue weighted by molar-refractivity contribution is 0.0914. The number of carbonyl (C=O) groups is 1. The van der Waals surface area contributed by atoms with Gasteiger partial charge in [-0.25, -0.2) is 9.50 Å². The maximum absolute atomic E-state index is 12.6. The van der Waals surface area contributed by atoms with Gasteiger partial charge in [-0.15, -0.1) is 5.10 Å². The van der Waals surface area contributed by atoms with Crippen molar-refractivity contribution >= 4 is 11.7 Å². The van der Waals surface area contributed by atoms with E-state index in [0.29, 0.717) is 18.8 Å². The molecule has 1 amide bonds. The summed E-state index contributed by atoms with van der Waals surface area (Å²) in [5.41, 5.74) is 2.71. The van der Waals surface area contributed by atoms with E-state index in [1.807, 2.05) is 44.2 Å². The van der Waals surface area contributed by atoms with Gasteiger partial charge in [-0.2, -0.15) is 4.98 Å². The van der Waals surface area contributed by atoms with Crippen molar-refractivity contribution in [3.8, 4) is 5.75 Å². The molecule has 0 saturated heterocycles. The van der Waals surface area contributed by atoms with Crippen molar-refractivity contribution < 1.29 is 9.53 Å². The van der Waals surface area contributed by atoms with Gasteiger partial charge in [0, 0.05) is 23.4 Å². The lowest BCUT2D eigenvalue weighted by Gasteiger charge is -2.26. The van der Waals surface area contributed by atoms with Crippen LogP contribution in [0, 0.1) is 13.8 Å². The molecular formula is C17H17N5O2. The summed E-state index contributed by atoms with van der Waals surface area (Å²) in [6.07, 6.45) is 0.715. The first-order chi connectivity index (χ1) is 11.6. The maximum Gasteiger partial charge on any atom is 0.291 e. The fourth-order valence-corrected chi connectivity index (χ4v) is 2.98. The van der Waals surface area contributed by atoms with E-state index in [9.17, 15) is 4.79 Å². The Morgan fingerprint density at radius 3 is 3.00 bits per heavy atom. The number of aryl methyl sites for hydroxylation is 2. The van der Waals surface area contributed by atoms with Crippen LogP contribution in [0.15, 0.2) is 30.3 Å². The van der Waals surface area contributed by atoms with Crippen molar-refractivity contribution in [2.24, 2.45) is 0 Å². The van der Waals surface area contributed by atoms with E-state index in [0.717, 1.165) is 22.7 Å². The number of nitrogens with one attached hydrogen (secondary N) is 1. The average molecular weight is 323 g/mol. The SMILES string of the molecule is Cc1cc(C)n2nc(C(=O)NC3CCOc4ccccc43)nc2n1. The minimum absolute atomic E-state index is 0.107. The summed E-state index contributed by atoms with van der Waals surface area (Å²) < 4.78 is 7.20. The fourth-order valence-electron chi connectivity index (χ4n) is 2.98. The zero-order chi connectivity index (χ0) is 16.7. The Morgan fingerprint density at radius 1 is 1.29 bits per heavy atom. The van der Waals surface area contributed by atoms with Gasteiger partial charge in [0.1, 0.15) is 5.75 Å². The predicted molar refractivity (Wildman–Crippen MR) is 87.0 cm³/mol. The van der Waals surface area contributed by atoms with Crippen LogP contribution in [0.5, 0.6) is 5.75 Å². The molecule has 0 saturated carbocycles. The monoisotopic (exact) mass is 323 g/mol. The van der Waals surface area contributed by atoms with Crippen LogP contribution in [0.2, 0.25) is 0 Å². The number of hydrogen-bond acceptors (Lipinski definition) is 5. The highest BCUT2D eigenvalue weighted by Crippen LogP contribution is 2.31. The van der Waals surface area contributed by atoms with Gasteiger partial charge in [0.25, 0.3) is 11.7 Å². The molecule has 7 nitrogen and oxygen atoms in total. The largest absolute Gasteiger partial charge is 0.493 e. The van der Waals surface area contributed by atoms with Crippen LogP contribution >= 0.6 is 0 Å². The predicted octanol–water partition coefficient (Wildman–Crippen LogP) is 1.99. The molecule has 1 aliphatic heterocycles. The molecule has 3 aromatic rings. The quantitative estimate of drug-likeness (QED) is 0.780. The standard InChI is InChI=1S/C17H17N5O2/c1-10-9-11(2)22-17(18-10)20-15(21-22)16(23)19-13-7-8-24-14-6-4-3-5-12(13)14/h3-6,9,13H,7-8H2,1-2H3,(H,19,23). The smallest absolute Gasteiger partial charge is 0.291 e. The number of rotatable bonds is 2. The Hall–Kier alpha value is -2.96. The third-order valence-corrected chi connectivity index (χ3v) is 4.09. The highest BCUT2D eigenvalue weighted by Gasteiger charge is 2.25. The molecule has 0 radical (unpaired) electrons. The van der Waals surface area contributed by atoms with E-state index in [2.05, 4.69) is 20.4 Å². The van der Waals surface area contributed by atoms with Crippen LogP contribution in [-0.2, 0) is 0 Å².